The first kappa shape index (κ1) is 25.3. The number of fused-ring (bicyclic) bond motifs is 2. The highest BCUT2D eigenvalue weighted by molar-refractivity contribution is 6.35. The quantitative estimate of drug-likeness (QED) is 0.341. The normalized spacial score (nSPS) is 15.0. The zero-order chi connectivity index (χ0) is 27.7. The molecule has 38 heavy (non-hydrogen) atoms. The summed E-state index contributed by atoms with van der Waals surface area (Å²) in [4.78, 5) is 67.9. The van der Waals surface area contributed by atoms with E-state index in [0.717, 1.165) is 16.0 Å². The van der Waals surface area contributed by atoms with Gasteiger partial charge in [0.1, 0.15) is 0 Å². The fourth-order valence-corrected chi connectivity index (χ4v) is 5.22. The number of benzene rings is 3. The molecule has 0 atom stereocenters. The molecule has 0 fully saturated rings. The number of ketones is 1. The monoisotopic (exact) mass is 508 g/mol. The van der Waals surface area contributed by atoms with Crippen molar-refractivity contribution in [1.82, 2.24) is 4.90 Å². The molecule has 7 heteroatoms. The van der Waals surface area contributed by atoms with Crippen molar-refractivity contribution in [2.75, 3.05) is 4.90 Å². The molecule has 7 nitrogen and oxygen atoms in total. The number of imide groups is 2. The maximum atomic E-state index is 13.4. The van der Waals surface area contributed by atoms with Crippen molar-refractivity contribution in [3.8, 4) is 0 Å². The molecule has 5 rings (SSSR count). The highest BCUT2D eigenvalue weighted by Gasteiger charge is 2.42. The van der Waals surface area contributed by atoms with Gasteiger partial charge in [-0.2, -0.15) is 0 Å². The summed E-state index contributed by atoms with van der Waals surface area (Å²) < 4.78 is 0. The maximum Gasteiger partial charge on any atom is 0.266 e. The molecule has 2 heterocycles. The molecule has 0 radical (unpaired) electrons. The van der Waals surface area contributed by atoms with Crippen molar-refractivity contribution in [2.24, 2.45) is 0 Å². The number of anilines is 1. The van der Waals surface area contributed by atoms with Crippen molar-refractivity contribution in [1.29, 1.82) is 0 Å². The second kappa shape index (κ2) is 8.58. The second-order valence-corrected chi connectivity index (χ2v) is 11.1. The molecule has 0 saturated heterocycles. The van der Waals surface area contributed by atoms with Crippen molar-refractivity contribution < 1.29 is 24.0 Å². The van der Waals surface area contributed by atoms with Gasteiger partial charge in [-0.1, -0.05) is 32.0 Å². The third kappa shape index (κ3) is 3.77. The number of nitrogens with zero attached hydrogens (tertiary/aromatic N) is 2. The van der Waals surface area contributed by atoms with Crippen LogP contribution in [0.1, 0.15) is 109 Å². The fraction of sp³-hybridized carbons (Fsp3) is 0.258. The fourth-order valence-electron chi connectivity index (χ4n) is 5.22. The summed E-state index contributed by atoms with van der Waals surface area (Å²) in [6.45, 7) is 11.4. The molecule has 2 aliphatic rings. The Hall–Kier alpha value is -4.39. The van der Waals surface area contributed by atoms with Gasteiger partial charge >= 0.3 is 0 Å². The molecule has 0 N–H and O–H groups in total. The number of carbonyl (C=O) groups is 5. The van der Waals surface area contributed by atoms with E-state index in [1.165, 1.54) is 41.3 Å². The minimum absolute atomic E-state index is 0.151. The molecule has 0 unspecified atom stereocenters. The first-order valence-corrected chi connectivity index (χ1v) is 12.5. The molecule has 0 aromatic heterocycles. The number of hydrogen-bond acceptors (Lipinski definition) is 5. The number of carbonyl (C=O) groups excluding carboxylic acids is 5. The second-order valence-electron chi connectivity index (χ2n) is 11.1. The van der Waals surface area contributed by atoms with Crippen molar-refractivity contribution in [2.45, 2.75) is 53.0 Å². The molecule has 0 saturated carbocycles. The van der Waals surface area contributed by atoms with E-state index in [2.05, 4.69) is 13.8 Å². The number of hydrogen-bond donors (Lipinski definition) is 0. The Morgan fingerprint density at radius 1 is 0.684 bits per heavy atom. The van der Waals surface area contributed by atoms with E-state index >= 15 is 0 Å². The highest BCUT2D eigenvalue weighted by Crippen LogP contribution is 2.33. The SMILES string of the molecule is Cc1cc(N2C(=O)c3ccc(C(=O)c4ccc5c(c4)C(=O)N(C(C)(C)C)C5=O)cc3C2=O)ccc1C(C)C. The van der Waals surface area contributed by atoms with E-state index in [0.29, 0.717) is 11.6 Å². The molecular formula is C31H28N2O5. The van der Waals surface area contributed by atoms with Gasteiger partial charge < -0.3 is 0 Å². The van der Waals surface area contributed by atoms with Crippen LogP contribution in [0.4, 0.5) is 5.69 Å². The zero-order valence-corrected chi connectivity index (χ0v) is 22.2. The first-order valence-electron chi connectivity index (χ1n) is 12.5. The predicted octanol–water partition coefficient (Wildman–Crippen LogP) is 5.54. The van der Waals surface area contributed by atoms with Crippen molar-refractivity contribution >= 4 is 35.1 Å². The third-order valence-corrected chi connectivity index (χ3v) is 7.10. The maximum absolute atomic E-state index is 13.4. The Bertz CT molecular complexity index is 1590. The van der Waals surface area contributed by atoms with Crippen LogP contribution in [-0.4, -0.2) is 39.9 Å². The van der Waals surface area contributed by atoms with Gasteiger partial charge in [-0.25, -0.2) is 4.90 Å². The van der Waals surface area contributed by atoms with Crippen LogP contribution in [0.25, 0.3) is 0 Å². The van der Waals surface area contributed by atoms with Gasteiger partial charge in [-0.3, -0.25) is 28.9 Å². The van der Waals surface area contributed by atoms with E-state index in [1.54, 1.807) is 26.8 Å². The largest absolute Gasteiger partial charge is 0.289 e. The van der Waals surface area contributed by atoms with Crippen molar-refractivity contribution in [3.63, 3.8) is 0 Å². The minimum atomic E-state index is -0.705. The molecular weight excluding hydrogens is 480 g/mol. The Morgan fingerprint density at radius 2 is 1.18 bits per heavy atom. The molecule has 2 aliphatic heterocycles. The van der Waals surface area contributed by atoms with Crippen molar-refractivity contribution in [3.05, 3.63) is 99.1 Å². The van der Waals surface area contributed by atoms with Gasteiger partial charge in [0.15, 0.2) is 5.78 Å². The lowest BCUT2D eigenvalue weighted by Crippen LogP contribution is -2.45. The number of aryl methyl sites for hydroxylation is 1. The molecule has 192 valence electrons. The standard InChI is InChI=1S/C31H28N2O5/c1-16(2)21-12-9-20(13-17(21)3)32-27(35)22-10-7-18(14-24(22)28(32)36)26(34)19-8-11-23-25(15-19)30(38)33(29(23)37)31(4,5)6/h7-16H,1-6H3. The van der Waals surface area contributed by atoms with Crippen LogP contribution in [0.5, 0.6) is 0 Å². The number of rotatable bonds is 4. The molecule has 0 aliphatic carbocycles. The van der Waals surface area contributed by atoms with Crippen LogP contribution in [0.3, 0.4) is 0 Å². The summed E-state index contributed by atoms with van der Waals surface area (Å²) in [5.74, 6) is -1.88. The van der Waals surface area contributed by atoms with E-state index in [4.69, 9.17) is 0 Å². The minimum Gasteiger partial charge on any atom is -0.289 e. The third-order valence-electron chi connectivity index (χ3n) is 7.10. The lowest BCUT2D eigenvalue weighted by molar-refractivity contribution is 0.0507. The van der Waals surface area contributed by atoms with E-state index in [-0.39, 0.29) is 33.4 Å². The Kier molecular flexibility index (Phi) is 5.71. The summed E-state index contributed by atoms with van der Waals surface area (Å²) in [6, 6.07) is 14.4. The summed E-state index contributed by atoms with van der Waals surface area (Å²) in [5, 5.41) is 0. The Balaban J connectivity index is 1.47. The lowest BCUT2D eigenvalue weighted by atomic mass is 9.96. The van der Waals surface area contributed by atoms with E-state index in [1.807, 2.05) is 19.1 Å². The van der Waals surface area contributed by atoms with Gasteiger partial charge in [0.2, 0.25) is 0 Å². The van der Waals surface area contributed by atoms with Crippen LogP contribution in [0, 0.1) is 6.92 Å². The van der Waals surface area contributed by atoms with Crippen LogP contribution < -0.4 is 4.90 Å². The molecule has 3 aromatic carbocycles. The average molecular weight is 509 g/mol. The summed E-state index contributed by atoms with van der Waals surface area (Å²) >= 11 is 0. The molecule has 0 spiro atoms. The smallest absolute Gasteiger partial charge is 0.266 e. The topological polar surface area (TPSA) is 91.8 Å². The lowest BCUT2D eigenvalue weighted by Gasteiger charge is -2.29. The highest BCUT2D eigenvalue weighted by atomic mass is 16.2. The summed E-state index contributed by atoms with van der Waals surface area (Å²) in [6.07, 6.45) is 0. The van der Waals surface area contributed by atoms with Crippen LogP contribution >= 0.6 is 0 Å². The molecule has 4 amide bonds. The number of amides is 4. The Labute approximate surface area is 221 Å². The first-order chi connectivity index (χ1) is 17.8. The summed E-state index contributed by atoms with van der Waals surface area (Å²) in [7, 11) is 0. The van der Waals surface area contributed by atoms with E-state index in [9.17, 15) is 24.0 Å². The molecule has 0 bridgehead atoms. The predicted molar refractivity (Wildman–Crippen MR) is 143 cm³/mol. The summed E-state index contributed by atoms with van der Waals surface area (Å²) in [5.41, 5.74) is 3.14. The van der Waals surface area contributed by atoms with Gasteiger partial charge in [0.05, 0.1) is 27.9 Å². The van der Waals surface area contributed by atoms with Gasteiger partial charge in [0.25, 0.3) is 23.6 Å². The van der Waals surface area contributed by atoms with Gasteiger partial charge in [-0.05, 0) is 81.1 Å². The molecule has 3 aromatic rings. The van der Waals surface area contributed by atoms with Gasteiger partial charge in [0, 0.05) is 16.7 Å². The Morgan fingerprint density at radius 3 is 1.71 bits per heavy atom. The average Bonchev–Trinajstić information content (AvgIpc) is 3.26. The van der Waals surface area contributed by atoms with Crippen LogP contribution in [-0.2, 0) is 0 Å². The zero-order valence-electron chi connectivity index (χ0n) is 22.2. The van der Waals surface area contributed by atoms with Crippen LogP contribution in [0.15, 0.2) is 54.6 Å². The van der Waals surface area contributed by atoms with Crippen LogP contribution in [0.2, 0.25) is 0 Å². The van der Waals surface area contributed by atoms with E-state index < -0.39 is 35.0 Å². The van der Waals surface area contributed by atoms with Gasteiger partial charge in [-0.15, -0.1) is 0 Å².